The maximum atomic E-state index is 13.0. The quantitative estimate of drug-likeness (QED) is 0.804. The van der Waals surface area contributed by atoms with Crippen LogP contribution in [0, 0.1) is 12.7 Å². The molecule has 94 valence electrons. The van der Waals surface area contributed by atoms with Gasteiger partial charge in [-0.15, -0.1) is 0 Å². The zero-order valence-corrected chi connectivity index (χ0v) is 10.5. The SMILES string of the molecule is COc1cn(-c2ccc(F)cc2C)nc1C(=O)Cl. The van der Waals surface area contributed by atoms with Gasteiger partial charge in [0.05, 0.1) is 19.0 Å². The molecule has 0 spiro atoms. The molecule has 1 aromatic carbocycles. The first kappa shape index (κ1) is 12.6. The summed E-state index contributed by atoms with van der Waals surface area (Å²) in [6.45, 7) is 1.74. The fraction of sp³-hybridized carbons (Fsp3) is 0.167. The molecule has 2 aromatic rings. The van der Waals surface area contributed by atoms with Gasteiger partial charge in [-0.3, -0.25) is 4.79 Å². The van der Waals surface area contributed by atoms with Crippen LogP contribution in [0.2, 0.25) is 0 Å². The fourth-order valence-corrected chi connectivity index (χ4v) is 1.77. The highest BCUT2D eigenvalue weighted by atomic mass is 35.5. The van der Waals surface area contributed by atoms with Crippen LogP contribution in [-0.4, -0.2) is 22.1 Å². The molecule has 0 fully saturated rings. The number of aryl methyl sites for hydroxylation is 1. The summed E-state index contributed by atoms with van der Waals surface area (Å²) in [7, 11) is 1.42. The molecule has 0 unspecified atom stereocenters. The predicted octanol–water partition coefficient (Wildman–Crippen LogP) is 2.71. The lowest BCUT2D eigenvalue weighted by atomic mass is 10.2. The normalized spacial score (nSPS) is 10.4. The van der Waals surface area contributed by atoms with E-state index in [-0.39, 0.29) is 17.3 Å². The number of carbonyl (C=O) groups excluding carboxylic acids is 1. The lowest BCUT2D eigenvalue weighted by Gasteiger charge is -2.04. The van der Waals surface area contributed by atoms with Crippen LogP contribution in [0.4, 0.5) is 4.39 Å². The number of halogens is 2. The molecule has 1 heterocycles. The molecule has 0 aliphatic carbocycles. The molecule has 6 heteroatoms. The van der Waals surface area contributed by atoms with Gasteiger partial charge in [0.1, 0.15) is 5.82 Å². The van der Waals surface area contributed by atoms with Crippen molar-refractivity contribution in [2.75, 3.05) is 7.11 Å². The lowest BCUT2D eigenvalue weighted by molar-refractivity contribution is 0.107. The van der Waals surface area contributed by atoms with E-state index in [0.29, 0.717) is 11.3 Å². The Morgan fingerprint density at radius 1 is 1.50 bits per heavy atom. The summed E-state index contributed by atoms with van der Waals surface area (Å²) < 4.78 is 19.5. The minimum atomic E-state index is -0.703. The summed E-state index contributed by atoms with van der Waals surface area (Å²) in [6.07, 6.45) is 1.52. The minimum absolute atomic E-state index is 0.0305. The third kappa shape index (κ3) is 2.22. The summed E-state index contributed by atoms with van der Waals surface area (Å²) in [6, 6.07) is 4.27. The van der Waals surface area contributed by atoms with Gasteiger partial charge in [0.2, 0.25) is 0 Å². The Kier molecular flexibility index (Phi) is 3.34. The molecule has 0 amide bonds. The first-order chi connectivity index (χ1) is 8.52. The van der Waals surface area contributed by atoms with Crippen molar-refractivity contribution in [3.05, 3.63) is 41.5 Å². The van der Waals surface area contributed by atoms with Crippen LogP contribution in [0.5, 0.6) is 5.75 Å². The zero-order valence-electron chi connectivity index (χ0n) is 9.78. The first-order valence-corrected chi connectivity index (χ1v) is 5.50. The van der Waals surface area contributed by atoms with E-state index >= 15 is 0 Å². The number of aromatic nitrogens is 2. The van der Waals surface area contributed by atoms with E-state index in [0.717, 1.165) is 0 Å². The Morgan fingerprint density at radius 3 is 2.72 bits per heavy atom. The molecule has 18 heavy (non-hydrogen) atoms. The van der Waals surface area contributed by atoms with E-state index in [9.17, 15) is 9.18 Å². The molecule has 2 rings (SSSR count). The van der Waals surface area contributed by atoms with E-state index in [4.69, 9.17) is 16.3 Å². The minimum Gasteiger partial charge on any atom is -0.493 e. The molecule has 0 bridgehead atoms. The molecular weight excluding hydrogens is 259 g/mol. The van der Waals surface area contributed by atoms with Crippen molar-refractivity contribution in [3.8, 4) is 11.4 Å². The van der Waals surface area contributed by atoms with E-state index < -0.39 is 5.24 Å². The van der Waals surface area contributed by atoms with E-state index in [2.05, 4.69) is 5.10 Å². The molecule has 0 aliphatic heterocycles. The molecule has 0 N–H and O–H groups in total. The number of benzene rings is 1. The molecule has 0 saturated heterocycles. The summed E-state index contributed by atoms with van der Waals surface area (Å²) >= 11 is 5.40. The molecular formula is C12H10ClFN2O2. The molecule has 4 nitrogen and oxygen atoms in total. The number of carbonyl (C=O) groups is 1. The van der Waals surface area contributed by atoms with Crippen molar-refractivity contribution in [1.29, 1.82) is 0 Å². The third-order valence-electron chi connectivity index (χ3n) is 2.49. The van der Waals surface area contributed by atoms with Gasteiger partial charge in [-0.05, 0) is 42.3 Å². The number of hydrogen-bond acceptors (Lipinski definition) is 3. The summed E-state index contributed by atoms with van der Waals surface area (Å²) in [5.41, 5.74) is 1.37. The molecule has 0 atom stereocenters. The lowest BCUT2D eigenvalue weighted by Crippen LogP contribution is -2.00. The zero-order chi connectivity index (χ0) is 13.3. The fourth-order valence-electron chi connectivity index (χ4n) is 1.64. The third-order valence-corrected chi connectivity index (χ3v) is 2.67. The van der Waals surface area contributed by atoms with Crippen LogP contribution in [0.25, 0.3) is 5.69 Å². The van der Waals surface area contributed by atoms with Gasteiger partial charge < -0.3 is 4.74 Å². The maximum Gasteiger partial charge on any atom is 0.276 e. The standard InChI is InChI=1S/C12H10ClFN2O2/c1-7-5-8(14)3-4-9(7)16-6-10(18-2)11(15-16)12(13)17/h3-6H,1-2H3. The van der Waals surface area contributed by atoms with Crippen molar-refractivity contribution < 1.29 is 13.9 Å². The van der Waals surface area contributed by atoms with Crippen molar-refractivity contribution >= 4 is 16.8 Å². The maximum absolute atomic E-state index is 13.0. The number of rotatable bonds is 3. The first-order valence-electron chi connectivity index (χ1n) is 5.13. The van der Waals surface area contributed by atoms with Crippen molar-refractivity contribution in [1.82, 2.24) is 9.78 Å². The highest BCUT2D eigenvalue weighted by molar-refractivity contribution is 6.67. The van der Waals surface area contributed by atoms with Crippen molar-refractivity contribution in [2.45, 2.75) is 6.92 Å². The van der Waals surface area contributed by atoms with Gasteiger partial charge >= 0.3 is 0 Å². The number of hydrogen-bond donors (Lipinski definition) is 0. The van der Waals surface area contributed by atoms with Crippen LogP contribution in [0.1, 0.15) is 16.1 Å². The predicted molar refractivity (Wildman–Crippen MR) is 65.0 cm³/mol. The molecule has 0 saturated carbocycles. The largest absolute Gasteiger partial charge is 0.493 e. The van der Waals surface area contributed by atoms with E-state index in [1.807, 2.05) is 0 Å². The van der Waals surface area contributed by atoms with Crippen LogP contribution >= 0.6 is 11.6 Å². The second-order valence-corrected chi connectivity index (χ2v) is 4.04. The number of methoxy groups -OCH3 is 1. The van der Waals surface area contributed by atoms with Gasteiger partial charge in [-0.25, -0.2) is 9.07 Å². The Morgan fingerprint density at radius 2 is 2.22 bits per heavy atom. The van der Waals surface area contributed by atoms with E-state index in [1.165, 1.54) is 30.1 Å². The summed E-state index contributed by atoms with van der Waals surface area (Å²) in [5, 5.41) is 3.33. The monoisotopic (exact) mass is 268 g/mol. The van der Waals surface area contributed by atoms with Gasteiger partial charge in [0, 0.05) is 0 Å². The average molecular weight is 269 g/mol. The number of ether oxygens (including phenoxy) is 1. The van der Waals surface area contributed by atoms with E-state index in [1.54, 1.807) is 13.0 Å². The topological polar surface area (TPSA) is 44.1 Å². The van der Waals surface area contributed by atoms with Gasteiger partial charge in [-0.1, -0.05) is 0 Å². The van der Waals surface area contributed by atoms with Gasteiger partial charge in [0.25, 0.3) is 5.24 Å². The van der Waals surface area contributed by atoms with Crippen LogP contribution in [0.3, 0.4) is 0 Å². The van der Waals surface area contributed by atoms with Crippen molar-refractivity contribution in [3.63, 3.8) is 0 Å². The van der Waals surface area contributed by atoms with Gasteiger partial charge in [-0.2, -0.15) is 5.10 Å². The highest BCUT2D eigenvalue weighted by Gasteiger charge is 2.17. The van der Waals surface area contributed by atoms with Gasteiger partial charge in [0.15, 0.2) is 11.4 Å². The average Bonchev–Trinajstić information content (AvgIpc) is 2.73. The summed E-state index contributed by atoms with van der Waals surface area (Å²) in [4.78, 5) is 11.2. The summed E-state index contributed by atoms with van der Waals surface area (Å²) in [5.74, 6) is -0.0530. The van der Waals surface area contributed by atoms with Crippen LogP contribution in [0.15, 0.2) is 24.4 Å². The Hall–Kier alpha value is -1.88. The molecule has 0 aliphatic rings. The molecule has 0 radical (unpaired) electrons. The van der Waals surface area contributed by atoms with Crippen molar-refractivity contribution in [2.24, 2.45) is 0 Å². The Labute approximate surface area is 108 Å². The molecule has 1 aromatic heterocycles. The second kappa shape index (κ2) is 4.78. The Bertz CT molecular complexity index is 610. The highest BCUT2D eigenvalue weighted by Crippen LogP contribution is 2.22. The Balaban J connectivity index is 2.54. The number of nitrogens with zero attached hydrogens (tertiary/aromatic N) is 2. The van der Waals surface area contributed by atoms with Crippen LogP contribution in [-0.2, 0) is 0 Å². The second-order valence-electron chi connectivity index (χ2n) is 3.70. The smallest absolute Gasteiger partial charge is 0.276 e. The van der Waals surface area contributed by atoms with Crippen LogP contribution < -0.4 is 4.74 Å².